The van der Waals surface area contributed by atoms with Crippen molar-refractivity contribution >= 4 is 28.4 Å². The topological polar surface area (TPSA) is 75.1 Å². The van der Waals surface area contributed by atoms with E-state index >= 15 is 0 Å². The van der Waals surface area contributed by atoms with Crippen molar-refractivity contribution < 1.29 is 9.18 Å². The number of H-pyrrole nitrogens is 1. The van der Waals surface area contributed by atoms with Gasteiger partial charge in [0.2, 0.25) is 5.91 Å². The predicted molar refractivity (Wildman–Crippen MR) is 96.6 cm³/mol. The predicted octanol–water partition coefficient (Wildman–Crippen LogP) is 3.48. The van der Waals surface area contributed by atoms with E-state index in [-0.39, 0.29) is 5.91 Å². The molecule has 0 aliphatic heterocycles. The fraction of sp³-hybridized carbons (Fsp3) is 0.211. The van der Waals surface area contributed by atoms with Crippen molar-refractivity contribution in [3.8, 4) is 11.1 Å². The molecule has 130 valence electrons. The summed E-state index contributed by atoms with van der Waals surface area (Å²) in [6.07, 6.45) is 6.71. The minimum atomic E-state index is -1.02. The molecule has 1 amide bonds. The van der Waals surface area contributed by atoms with Crippen LogP contribution in [0.15, 0.2) is 43.0 Å². The average molecular weight is 349 g/mol. The van der Waals surface area contributed by atoms with Crippen LogP contribution in [0.2, 0.25) is 0 Å². The fourth-order valence-electron chi connectivity index (χ4n) is 3.30. The van der Waals surface area contributed by atoms with E-state index in [4.69, 9.17) is 0 Å². The van der Waals surface area contributed by atoms with Crippen LogP contribution < -0.4 is 5.32 Å². The van der Waals surface area contributed by atoms with Gasteiger partial charge < -0.3 is 14.7 Å². The number of halogens is 1. The lowest BCUT2D eigenvalue weighted by Crippen LogP contribution is -2.15. The Kier molecular flexibility index (Phi) is 3.12. The molecule has 1 aliphatic carbocycles. The summed E-state index contributed by atoms with van der Waals surface area (Å²) in [6, 6.07) is 5.89. The number of hydrogen-bond acceptors (Lipinski definition) is 3. The maximum atomic E-state index is 13.0. The van der Waals surface area contributed by atoms with E-state index in [1.165, 1.54) is 0 Å². The molecule has 1 fully saturated rings. The maximum Gasteiger partial charge on any atom is 0.231 e. The standard InChI is InChI=1S/C19H16FN5O/c1-10-12-4-5-21-18(12)22-7-14(10)11-2-3-17-23-16(9-25(17)8-11)24-19(26)13-6-15(13)20/h2-5,7-9,13,15H,6H2,1H3,(H,21,22)(H,24,26)/t13-,15+/m1/s1. The minimum absolute atomic E-state index is 0.303. The average Bonchev–Trinajstić information content (AvgIpc) is 3.03. The molecule has 1 saturated carbocycles. The van der Waals surface area contributed by atoms with Gasteiger partial charge in [0.05, 0.1) is 12.1 Å². The number of nitrogens with zero attached hydrogens (tertiary/aromatic N) is 3. The molecule has 1 aliphatic rings. The van der Waals surface area contributed by atoms with E-state index in [0.717, 1.165) is 27.7 Å². The smallest absolute Gasteiger partial charge is 0.231 e. The number of anilines is 1. The third-order valence-electron chi connectivity index (χ3n) is 4.92. The number of aryl methyl sites for hydroxylation is 1. The van der Waals surface area contributed by atoms with Gasteiger partial charge in [0.1, 0.15) is 17.5 Å². The highest BCUT2D eigenvalue weighted by atomic mass is 19.1. The van der Waals surface area contributed by atoms with Crippen molar-refractivity contribution in [2.24, 2.45) is 5.92 Å². The van der Waals surface area contributed by atoms with E-state index in [9.17, 15) is 9.18 Å². The first kappa shape index (κ1) is 15.1. The minimum Gasteiger partial charge on any atom is -0.346 e. The molecule has 5 rings (SSSR count). The second kappa shape index (κ2) is 5.39. The zero-order chi connectivity index (χ0) is 17.8. The van der Waals surface area contributed by atoms with Crippen molar-refractivity contribution in [1.82, 2.24) is 19.4 Å². The SMILES string of the molecule is Cc1c(-c2ccc3nc(NC(=O)[C@@H]4C[C@@H]4F)cn3c2)cnc2[nH]ccc12. The largest absolute Gasteiger partial charge is 0.346 e. The van der Waals surface area contributed by atoms with Crippen LogP contribution in [-0.4, -0.2) is 31.4 Å². The number of fused-ring (bicyclic) bond motifs is 2. The Morgan fingerprint density at radius 3 is 3.00 bits per heavy atom. The van der Waals surface area contributed by atoms with Crippen molar-refractivity contribution in [1.29, 1.82) is 0 Å². The molecular weight excluding hydrogens is 333 g/mol. The first-order chi connectivity index (χ1) is 12.6. The fourth-order valence-corrected chi connectivity index (χ4v) is 3.30. The molecule has 0 aromatic carbocycles. The molecule has 6 nitrogen and oxygen atoms in total. The summed E-state index contributed by atoms with van der Waals surface area (Å²) in [6.45, 7) is 2.07. The molecule has 4 aromatic rings. The second-order valence-corrected chi connectivity index (χ2v) is 6.69. The molecule has 2 N–H and O–H groups in total. The number of alkyl halides is 1. The van der Waals surface area contributed by atoms with Gasteiger partial charge in [-0.05, 0) is 37.1 Å². The Balaban J connectivity index is 1.50. The van der Waals surface area contributed by atoms with E-state index in [1.54, 1.807) is 6.20 Å². The molecule has 0 saturated heterocycles. The van der Waals surface area contributed by atoms with Crippen LogP contribution >= 0.6 is 0 Å². The van der Waals surface area contributed by atoms with Gasteiger partial charge >= 0.3 is 0 Å². The number of aromatic nitrogens is 4. The molecule has 26 heavy (non-hydrogen) atoms. The summed E-state index contributed by atoms with van der Waals surface area (Å²) in [5, 5.41) is 3.78. The monoisotopic (exact) mass is 349 g/mol. The van der Waals surface area contributed by atoms with E-state index in [0.29, 0.717) is 17.9 Å². The molecule has 7 heteroatoms. The van der Waals surface area contributed by atoms with Crippen LogP contribution in [0.3, 0.4) is 0 Å². The number of imidazole rings is 1. The first-order valence-electron chi connectivity index (χ1n) is 8.47. The third-order valence-corrected chi connectivity index (χ3v) is 4.92. The Morgan fingerprint density at radius 1 is 1.35 bits per heavy atom. The van der Waals surface area contributed by atoms with Gasteiger partial charge in [-0.15, -0.1) is 0 Å². The lowest BCUT2D eigenvalue weighted by atomic mass is 10.0. The van der Waals surface area contributed by atoms with E-state index in [2.05, 4.69) is 27.2 Å². The lowest BCUT2D eigenvalue weighted by molar-refractivity contribution is -0.117. The molecule has 4 heterocycles. The molecule has 0 bridgehead atoms. The molecule has 2 atom stereocenters. The number of pyridine rings is 2. The van der Waals surface area contributed by atoms with Gasteiger partial charge in [-0.25, -0.2) is 14.4 Å². The molecule has 0 radical (unpaired) electrons. The second-order valence-electron chi connectivity index (χ2n) is 6.69. The highest BCUT2D eigenvalue weighted by Crippen LogP contribution is 2.34. The van der Waals surface area contributed by atoms with Crippen molar-refractivity contribution in [3.05, 3.63) is 48.5 Å². The molecule has 4 aromatic heterocycles. The van der Waals surface area contributed by atoms with Gasteiger partial charge in [0, 0.05) is 35.1 Å². The highest BCUT2D eigenvalue weighted by molar-refractivity contribution is 5.94. The first-order valence-corrected chi connectivity index (χ1v) is 8.47. The highest BCUT2D eigenvalue weighted by Gasteiger charge is 2.43. The number of carbonyl (C=O) groups excluding carboxylic acids is 1. The van der Waals surface area contributed by atoms with E-state index in [1.807, 2.05) is 41.2 Å². The van der Waals surface area contributed by atoms with Crippen LogP contribution in [0.5, 0.6) is 0 Å². The van der Waals surface area contributed by atoms with Gasteiger partial charge in [-0.2, -0.15) is 0 Å². The van der Waals surface area contributed by atoms with Crippen LogP contribution in [-0.2, 0) is 4.79 Å². The summed E-state index contributed by atoms with van der Waals surface area (Å²) in [5.41, 5.74) is 4.77. The van der Waals surface area contributed by atoms with Crippen molar-refractivity contribution in [2.45, 2.75) is 19.5 Å². The third kappa shape index (κ3) is 2.35. The van der Waals surface area contributed by atoms with Gasteiger partial charge in [0.25, 0.3) is 0 Å². The number of amides is 1. The molecule has 0 unspecified atom stereocenters. The van der Waals surface area contributed by atoms with Gasteiger partial charge in [0.15, 0.2) is 5.82 Å². The summed E-state index contributed by atoms with van der Waals surface area (Å²) >= 11 is 0. The number of nitrogens with one attached hydrogen (secondary N) is 2. The maximum absolute atomic E-state index is 13.0. The summed E-state index contributed by atoms with van der Waals surface area (Å²) < 4.78 is 14.9. The number of carbonyl (C=O) groups is 1. The normalized spacial score (nSPS) is 19.2. The van der Waals surface area contributed by atoms with Crippen molar-refractivity contribution in [3.63, 3.8) is 0 Å². The number of hydrogen-bond donors (Lipinski definition) is 2. The Morgan fingerprint density at radius 2 is 2.19 bits per heavy atom. The summed E-state index contributed by atoms with van der Waals surface area (Å²) in [5.74, 6) is -0.404. The van der Waals surface area contributed by atoms with Crippen LogP contribution in [0.4, 0.5) is 10.2 Å². The van der Waals surface area contributed by atoms with Gasteiger partial charge in [-0.3, -0.25) is 4.79 Å². The van der Waals surface area contributed by atoms with Crippen molar-refractivity contribution in [2.75, 3.05) is 5.32 Å². The quantitative estimate of drug-likeness (QED) is 0.595. The molecule has 0 spiro atoms. The number of aromatic amines is 1. The molecular formula is C19H16FN5O. The van der Waals surface area contributed by atoms with Crippen LogP contribution in [0.1, 0.15) is 12.0 Å². The Hall–Kier alpha value is -3.22. The summed E-state index contributed by atoms with van der Waals surface area (Å²) in [4.78, 5) is 23.8. The zero-order valence-corrected chi connectivity index (χ0v) is 14.0. The van der Waals surface area contributed by atoms with Crippen LogP contribution in [0, 0.1) is 12.8 Å². The van der Waals surface area contributed by atoms with E-state index < -0.39 is 12.1 Å². The zero-order valence-electron chi connectivity index (χ0n) is 14.0. The van der Waals surface area contributed by atoms with Gasteiger partial charge in [-0.1, -0.05) is 0 Å². The lowest BCUT2D eigenvalue weighted by Gasteiger charge is -2.07. The Bertz CT molecular complexity index is 1160. The Labute approximate surface area is 148 Å². The summed E-state index contributed by atoms with van der Waals surface area (Å²) in [7, 11) is 0. The number of rotatable bonds is 3. The van der Waals surface area contributed by atoms with Crippen LogP contribution in [0.25, 0.3) is 27.8 Å².